The van der Waals surface area contributed by atoms with Gasteiger partial charge in [-0.25, -0.2) is 4.39 Å². The molecule has 0 N–H and O–H groups in total. The van der Waals surface area contributed by atoms with Gasteiger partial charge >= 0.3 is 0 Å². The molecule has 2 rings (SSSR count). The highest BCUT2D eigenvalue weighted by molar-refractivity contribution is 5.88. The van der Waals surface area contributed by atoms with Gasteiger partial charge in [0.15, 0.2) is 0 Å². The molecular formula is C16H22FNO. The first-order valence-corrected chi connectivity index (χ1v) is 6.86. The summed E-state index contributed by atoms with van der Waals surface area (Å²) in [6.45, 7) is 5.31. The lowest BCUT2D eigenvalue weighted by Crippen LogP contribution is -2.31. The van der Waals surface area contributed by atoms with E-state index < -0.39 is 0 Å². The summed E-state index contributed by atoms with van der Waals surface area (Å²) < 4.78 is 13.6. The van der Waals surface area contributed by atoms with Gasteiger partial charge in [-0.2, -0.15) is 0 Å². The average molecular weight is 263 g/mol. The Morgan fingerprint density at radius 1 is 1.37 bits per heavy atom. The number of Topliss-reactive ketones (excluding diaryl/α,β-unsaturated/α-hetero) is 1. The van der Waals surface area contributed by atoms with Gasteiger partial charge in [-0.1, -0.05) is 32.0 Å². The largest absolute Gasteiger partial charge is 0.301 e. The van der Waals surface area contributed by atoms with Crippen molar-refractivity contribution in [1.29, 1.82) is 0 Å². The van der Waals surface area contributed by atoms with Gasteiger partial charge in [-0.3, -0.25) is 4.79 Å². The summed E-state index contributed by atoms with van der Waals surface area (Å²) in [4.78, 5) is 14.2. The van der Waals surface area contributed by atoms with Crippen molar-refractivity contribution in [2.24, 2.45) is 11.3 Å². The standard InChI is InChI=1S/C16H22FNO/c1-16(2)9-8-13(15(16)19)11-18(3)10-12-6-4-5-7-14(12)17/h4-7,13H,8-11H2,1-3H3. The smallest absolute Gasteiger partial charge is 0.142 e. The maximum absolute atomic E-state index is 13.6. The summed E-state index contributed by atoms with van der Waals surface area (Å²) in [7, 11) is 1.95. The molecule has 1 atom stereocenters. The van der Waals surface area contributed by atoms with Crippen LogP contribution < -0.4 is 0 Å². The average Bonchev–Trinajstić information content (AvgIpc) is 2.59. The molecule has 0 saturated heterocycles. The number of hydrogen-bond donors (Lipinski definition) is 0. The summed E-state index contributed by atoms with van der Waals surface area (Å²) in [5, 5.41) is 0. The zero-order valence-electron chi connectivity index (χ0n) is 11.9. The molecule has 1 aromatic rings. The van der Waals surface area contributed by atoms with Gasteiger partial charge in [-0.15, -0.1) is 0 Å². The molecule has 1 fully saturated rings. The molecule has 0 amide bonds. The van der Waals surface area contributed by atoms with Crippen LogP contribution in [0.1, 0.15) is 32.3 Å². The lowest BCUT2D eigenvalue weighted by atomic mass is 9.89. The molecule has 104 valence electrons. The van der Waals surface area contributed by atoms with Gasteiger partial charge in [0.25, 0.3) is 0 Å². The first-order valence-electron chi connectivity index (χ1n) is 6.86. The van der Waals surface area contributed by atoms with E-state index in [9.17, 15) is 9.18 Å². The molecule has 1 saturated carbocycles. The molecule has 3 heteroatoms. The fourth-order valence-corrected chi connectivity index (χ4v) is 2.87. The molecule has 0 radical (unpaired) electrons. The minimum atomic E-state index is -0.177. The SMILES string of the molecule is CN(Cc1ccccc1F)CC1CCC(C)(C)C1=O. The van der Waals surface area contributed by atoms with Crippen molar-refractivity contribution in [2.75, 3.05) is 13.6 Å². The molecule has 0 spiro atoms. The molecule has 0 aliphatic heterocycles. The first-order chi connectivity index (χ1) is 8.90. The van der Waals surface area contributed by atoms with Crippen molar-refractivity contribution in [3.8, 4) is 0 Å². The van der Waals surface area contributed by atoms with Crippen LogP contribution in [0.15, 0.2) is 24.3 Å². The van der Waals surface area contributed by atoms with Crippen LogP contribution >= 0.6 is 0 Å². The van der Waals surface area contributed by atoms with Gasteiger partial charge in [-0.05, 0) is 26.0 Å². The van der Waals surface area contributed by atoms with Crippen molar-refractivity contribution < 1.29 is 9.18 Å². The Morgan fingerprint density at radius 3 is 2.63 bits per heavy atom. The highest BCUT2D eigenvalue weighted by Crippen LogP contribution is 2.37. The summed E-state index contributed by atoms with van der Waals surface area (Å²) in [5.74, 6) is 0.284. The van der Waals surface area contributed by atoms with E-state index in [0.29, 0.717) is 17.9 Å². The topological polar surface area (TPSA) is 20.3 Å². The fraction of sp³-hybridized carbons (Fsp3) is 0.562. The van der Waals surface area contributed by atoms with Crippen LogP contribution in [-0.4, -0.2) is 24.3 Å². The number of hydrogen-bond acceptors (Lipinski definition) is 2. The third-order valence-corrected chi connectivity index (χ3v) is 4.09. The van der Waals surface area contributed by atoms with E-state index in [0.717, 1.165) is 19.4 Å². The van der Waals surface area contributed by atoms with E-state index in [1.807, 2.05) is 31.9 Å². The molecule has 1 aromatic carbocycles. The maximum Gasteiger partial charge on any atom is 0.142 e. The van der Waals surface area contributed by atoms with Crippen LogP contribution in [-0.2, 0) is 11.3 Å². The molecular weight excluding hydrogens is 241 g/mol. The Kier molecular flexibility index (Phi) is 4.04. The van der Waals surface area contributed by atoms with Gasteiger partial charge < -0.3 is 4.90 Å². The van der Waals surface area contributed by atoms with Crippen LogP contribution in [0.5, 0.6) is 0 Å². The quantitative estimate of drug-likeness (QED) is 0.831. The number of carbonyl (C=O) groups is 1. The Morgan fingerprint density at radius 2 is 2.05 bits per heavy atom. The monoisotopic (exact) mass is 263 g/mol. The van der Waals surface area contributed by atoms with Crippen LogP contribution in [0.2, 0.25) is 0 Å². The van der Waals surface area contributed by atoms with E-state index in [2.05, 4.69) is 0 Å². The van der Waals surface area contributed by atoms with Crippen molar-refractivity contribution >= 4 is 5.78 Å². The van der Waals surface area contributed by atoms with Crippen LogP contribution in [0, 0.1) is 17.2 Å². The van der Waals surface area contributed by atoms with Crippen molar-refractivity contribution in [2.45, 2.75) is 33.2 Å². The normalized spacial score (nSPS) is 22.2. The van der Waals surface area contributed by atoms with Gasteiger partial charge in [0, 0.05) is 30.0 Å². The number of benzene rings is 1. The Labute approximate surface area is 114 Å². The second-order valence-electron chi connectivity index (χ2n) is 6.27. The summed E-state index contributed by atoms with van der Waals surface area (Å²) in [5.41, 5.74) is 0.512. The number of carbonyl (C=O) groups excluding carboxylic acids is 1. The number of nitrogens with zero attached hydrogens (tertiary/aromatic N) is 1. The van der Waals surface area contributed by atoms with Gasteiger partial charge in [0.2, 0.25) is 0 Å². The third-order valence-electron chi connectivity index (χ3n) is 4.09. The Balaban J connectivity index is 1.94. The number of halogens is 1. The fourth-order valence-electron chi connectivity index (χ4n) is 2.87. The molecule has 0 aromatic heterocycles. The van der Waals surface area contributed by atoms with Crippen molar-refractivity contribution in [3.63, 3.8) is 0 Å². The van der Waals surface area contributed by atoms with Crippen LogP contribution in [0.3, 0.4) is 0 Å². The maximum atomic E-state index is 13.6. The summed E-state index contributed by atoms with van der Waals surface area (Å²) in [6.07, 6.45) is 1.91. The van der Waals surface area contributed by atoms with E-state index in [4.69, 9.17) is 0 Å². The Hall–Kier alpha value is -1.22. The zero-order valence-corrected chi connectivity index (χ0v) is 11.9. The number of rotatable bonds is 4. The second-order valence-corrected chi connectivity index (χ2v) is 6.27. The predicted octanol–water partition coefficient (Wildman–Crippen LogP) is 3.26. The molecule has 1 unspecified atom stereocenters. The molecule has 0 bridgehead atoms. The summed E-state index contributed by atoms with van der Waals surface area (Å²) in [6, 6.07) is 6.82. The van der Waals surface area contributed by atoms with Crippen molar-refractivity contribution in [3.05, 3.63) is 35.6 Å². The number of ketones is 1. The molecule has 2 nitrogen and oxygen atoms in total. The highest BCUT2D eigenvalue weighted by atomic mass is 19.1. The van der Waals surface area contributed by atoms with Crippen LogP contribution in [0.4, 0.5) is 4.39 Å². The van der Waals surface area contributed by atoms with Gasteiger partial charge in [0.1, 0.15) is 11.6 Å². The molecule has 0 heterocycles. The highest BCUT2D eigenvalue weighted by Gasteiger charge is 2.40. The molecule has 19 heavy (non-hydrogen) atoms. The van der Waals surface area contributed by atoms with Crippen molar-refractivity contribution in [1.82, 2.24) is 4.90 Å². The lowest BCUT2D eigenvalue weighted by molar-refractivity contribution is -0.127. The third kappa shape index (κ3) is 3.21. The molecule has 1 aliphatic rings. The minimum absolute atomic E-state index is 0.103. The zero-order chi connectivity index (χ0) is 14.0. The lowest BCUT2D eigenvalue weighted by Gasteiger charge is -2.22. The second kappa shape index (κ2) is 5.41. The Bertz CT molecular complexity index is 470. The minimum Gasteiger partial charge on any atom is -0.301 e. The van der Waals surface area contributed by atoms with Gasteiger partial charge in [0.05, 0.1) is 0 Å². The van der Waals surface area contributed by atoms with E-state index in [1.54, 1.807) is 12.1 Å². The van der Waals surface area contributed by atoms with E-state index >= 15 is 0 Å². The summed E-state index contributed by atoms with van der Waals surface area (Å²) >= 11 is 0. The first kappa shape index (κ1) is 14.2. The van der Waals surface area contributed by atoms with Crippen LogP contribution in [0.25, 0.3) is 0 Å². The van der Waals surface area contributed by atoms with E-state index in [1.165, 1.54) is 6.07 Å². The van der Waals surface area contributed by atoms with E-state index in [-0.39, 0.29) is 17.2 Å². The predicted molar refractivity (Wildman–Crippen MR) is 74.2 cm³/mol. The molecule has 1 aliphatic carbocycles.